The van der Waals surface area contributed by atoms with Gasteiger partial charge < -0.3 is 0 Å². The average molecular weight is 291 g/mol. The lowest BCUT2D eigenvalue weighted by molar-refractivity contribution is 0.673. The van der Waals surface area contributed by atoms with Crippen LogP contribution >= 0.6 is 24.2 Å². The highest BCUT2D eigenvalue weighted by Gasteiger charge is 2.20. The summed E-state index contributed by atoms with van der Waals surface area (Å²) in [4.78, 5) is 1.39. The molecule has 1 unspecified atom stereocenters. The summed E-state index contributed by atoms with van der Waals surface area (Å²) in [5.74, 6) is 0. The van der Waals surface area contributed by atoms with Crippen molar-refractivity contribution in [3.05, 3.63) is 65.2 Å². The molecule has 0 N–H and O–H groups in total. The van der Waals surface area contributed by atoms with Crippen LogP contribution in [0.1, 0.15) is 34.8 Å². The van der Waals surface area contributed by atoms with Crippen molar-refractivity contribution in [2.45, 2.75) is 36.3 Å². The largest absolute Gasteiger partial charge is 0.147 e. The van der Waals surface area contributed by atoms with E-state index in [1.54, 1.807) is 11.1 Å². The van der Waals surface area contributed by atoms with Gasteiger partial charge in [0.2, 0.25) is 0 Å². The predicted molar refractivity (Wildman–Crippen MR) is 86.4 cm³/mol. The predicted octanol–water partition coefficient (Wildman–Crippen LogP) is 5.59. The number of fused-ring (bicyclic) bond motifs is 1. The summed E-state index contributed by atoms with van der Waals surface area (Å²) < 4.78 is 0. The lowest BCUT2D eigenvalue weighted by Gasteiger charge is -2.25. The number of hydrogen-bond acceptors (Lipinski definition) is 1. The van der Waals surface area contributed by atoms with Crippen molar-refractivity contribution < 1.29 is 0 Å². The molecule has 2 aromatic carbocycles. The fourth-order valence-electron chi connectivity index (χ4n) is 2.61. The molecular weight excluding hydrogens is 272 g/mol. The van der Waals surface area contributed by atoms with Crippen LogP contribution in [0.4, 0.5) is 0 Å². The maximum atomic E-state index is 2.31. The Bertz CT molecular complexity index is 533. The molecule has 100 valence electrons. The van der Waals surface area contributed by atoms with E-state index in [4.69, 9.17) is 0 Å². The van der Waals surface area contributed by atoms with Crippen molar-refractivity contribution in [1.82, 2.24) is 0 Å². The molecule has 0 aliphatic heterocycles. The van der Waals surface area contributed by atoms with Crippen LogP contribution in [-0.2, 0) is 6.42 Å². The van der Waals surface area contributed by atoms with Crippen molar-refractivity contribution in [3.63, 3.8) is 0 Å². The maximum Gasteiger partial charge on any atom is 0.0347 e. The molecule has 0 heterocycles. The Morgan fingerprint density at radius 1 is 1.00 bits per heavy atom. The highest BCUT2D eigenvalue weighted by Crippen LogP contribution is 2.43. The summed E-state index contributed by atoms with van der Waals surface area (Å²) >= 11 is 2.02. The molecule has 0 spiro atoms. The summed E-state index contributed by atoms with van der Waals surface area (Å²) in [7, 11) is 0. The molecular formula is C17H19ClS. The third-order valence-corrected chi connectivity index (χ3v) is 4.93. The maximum absolute atomic E-state index is 2.31. The second-order valence-corrected chi connectivity index (χ2v) is 6.29. The number of thioether (sulfide) groups is 1. The van der Waals surface area contributed by atoms with Crippen molar-refractivity contribution in [1.29, 1.82) is 0 Å². The Morgan fingerprint density at radius 2 is 1.74 bits per heavy atom. The van der Waals surface area contributed by atoms with E-state index in [9.17, 15) is 0 Å². The van der Waals surface area contributed by atoms with Crippen LogP contribution in [-0.4, -0.2) is 0 Å². The van der Waals surface area contributed by atoms with Crippen LogP contribution in [0.15, 0.2) is 53.4 Å². The molecule has 0 saturated carbocycles. The second-order valence-electron chi connectivity index (χ2n) is 5.01. The van der Waals surface area contributed by atoms with E-state index < -0.39 is 0 Å². The molecule has 0 bridgehead atoms. The molecule has 0 amide bonds. The molecule has 0 nitrogen and oxygen atoms in total. The first kappa shape index (κ1) is 14.5. The molecule has 1 atom stereocenters. The van der Waals surface area contributed by atoms with Gasteiger partial charge in [0.25, 0.3) is 0 Å². The van der Waals surface area contributed by atoms with Crippen LogP contribution < -0.4 is 0 Å². The standard InChI is InChI=1S/C17H18S.ClH/c1-13-9-11-15(12-10-13)18-17-8-4-6-14-5-2-3-7-16(14)17;/h2-3,5,7,9-12,17H,4,6,8H2,1H3;1H. The number of halogens is 1. The van der Waals surface area contributed by atoms with Crippen molar-refractivity contribution in [2.75, 3.05) is 0 Å². The minimum atomic E-state index is 0. The van der Waals surface area contributed by atoms with Gasteiger partial charge in [0.15, 0.2) is 0 Å². The van der Waals surface area contributed by atoms with E-state index in [0.29, 0.717) is 5.25 Å². The summed E-state index contributed by atoms with van der Waals surface area (Å²) in [5, 5.41) is 0.637. The van der Waals surface area contributed by atoms with Gasteiger partial charge in [0.1, 0.15) is 0 Å². The number of aryl methyl sites for hydroxylation is 2. The molecule has 0 saturated heterocycles. The highest BCUT2D eigenvalue weighted by molar-refractivity contribution is 7.99. The van der Waals surface area contributed by atoms with Crippen LogP contribution in [0.3, 0.4) is 0 Å². The fourth-order valence-corrected chi connectivity index (χ4v) is 3.88. The molecule has 0 aromatic heterocycles. The molecule has 19 heavy (non-hydrogen) atoms. The minimum absolute atomic E-state index is 0. The summed E-state index contributed by atoms with van der Waals surface area (Å²) in [6, 6.07) is 17.8. The first-order chi connectivity index (χ1) is 8.83. The van der Waals surface area contributed by atoms with E-state index >= 15 is 0 Å². The van der Waals surface area contributed by atoms with Crippen molar-refractivity contribution in [2.24, 2.45) is 0 Å². The van der Waals surface area contributed by atoms with E-state index in [1.807, 2.05) is 11.8 Å². The SMILES string of the molecule is Cc1ccc(SC2CCCc3ccccc32)cc1.Cl. The van der Waals surface area contributed by atoms with Gasteiger partial charge in [-0.05, 0) is 49.4 Å². The minimum Gasteiger partial charge on any atom is -0.147 e. The fraction of sp³-hybridized carbons (Fsp3) is 0.294. The summed E-state index contributed by atoms with van der Waals surface area (Å²) in [6.45, 7) is 2.14. The molecule has 1 aliphatic rings. The third-order valence-electron chi connectivity index (χ3n) is 3.61. The van der Waals surface area contributed by atoms with Gasteiger partial charge in [-0.3, -0.25) is 0 Å². The van der Waals surface area contributed by atoms with E-state index in [-0.39, 0.29) is 12.4 Å². The van der Waals surface area contributed by atoms with Gasteiger partial charge in [0, 0.05) is 10.1 Å². The number of hydrogen-bond donors (Lipinski definition) is 0. The van der Waals surface area contributed by atoms with Gasteiger partial charge in [-0.15, -0.1) is 24.2 Å². The van der Waals surface area contributed by atoms with Gasteiger partial charge in [0.05, 0.1) is 0 Å². The van der Waals surface area contributed by atoms with Crippen LogP contribution in [0.25, 0.3) is 0 Å². The zero-order valence-corrected chi connectivity index (χ0v) is 12.8. The first-order valence-electron chi connectivity index (χ1n) is 6.64. The quantitative estimate of drug-likeness (QED) is 0.695. The molecule has 2 heteroatoms. The Morgan fingerprint density at radius 3 is 2.53 bits per heavy atom. The van der Waals surface area contributed by atoms with Gasteiger partial charge >= 0.3 is 0 Å². The van der Waals surface area contributed by atoms with Crippen molar-refractivity contribution in [3.8, 4) is 0 Å². The highest BCUT2D eigenvalue weighted by atomic mass is 35.5. The summed E-state index contributed by atoms with van der Waals surface area (Å²) in [6.07, 6.45) is 3.87. The Labute approximate surface area is 126 Å². The first-order valence-corrected chi connectivity index (χ1v) is 7.52. The zero-order chi connectivity index (χ0) is 12.4. The van der Waals surface area contributed by atoms with Crippen molar-refractivity contribution >= 4 is 24.2 Å². The number of benzene rings is 2. The second kappa shape index (κ2) is 6.49. The van der Waals surface area contributed by atoms with Gasteiger partial charge in [-0.2, -0.15) is 0 Å². The topological polar surface area (TPSA) is 0 Å². The van der Waals surface area contributed by atoms with E-state index in [2.05, 4.69) is 55.5 Å². The Balaban J connectivity index is 0.00000133. The van der Waals surface area contributed by atoms with Gasteiger partial charge in [-0.1, -0.05) is 42.0 Å². The van der Waals surface area contributed by atoms with Gasteiger partial charge in [-0.25, -0.2) is 0 Å². The van der Waals surface area contributed by atoms with Crippen LogP contribution in [0, 0.1) is 6.92 Å². The smallest absolute Gasteiger partial charge is 0.0347 e. The van der Waals surface area contributed by atoms with E-state index in [0.717, 1.165) is 0 Å². The lowest BCUT2D eigenvalue weighted by Crippen LogP contribution is -2.06. The molecule has 0 fully saturated rings. The lowest BCUT2D eigenvalue weighted by atomic mass is 9.91. The van der Waals surface area contributed by atoms with E-state index in [1.165, 1.54) is 29.7 Å². The molecule has 3 rings (SSSR count). The molecule has 0 radical (unpaired) electrons. The zero-order valence-electron chi connectivity index (χ0n) is 11.1. The third kappa shape index (κ3) is 3.34. The molecule has 2 aromatic rings. The normalized spacial score (nSPS) is 17.4. The molecule has 1 aliphatic carbocycles. The number of rotatable bonds is 2. The Hall–Kier alpha value is -0.920. The summed E-state index contributed by atoms with van der Waals surface area (Å²) in [5.41, 5.74) is 4.44. The van der Waals surface area contributed by atoms with Crippen LogP contribution in [0.5, 0.6) is 0 Å². The Kier molecular flexibility index (Phi) is 4.95. The monoisotopic (exact) mass is 290 g/mol. The van der Waals surface area contributed by atoms with Crippen LogP contribution in [0.2, 0.25) is 0 Å². The average Bonchev–Trinajstić information content (AvgIpc) is 2.42.